The Morgan fingerprint density at radius 1 is 1.25 bits per heavy atom. The van der Waals surface area contributed by atoms with Gasteiger partial charge in [-0.2, -0.15) is 0 Å². The number of Topliss-reactive ketones (excluding diaryl/α,β-unsaturated/α-hetero) is 1. The summed E-state index contributed by atoms with van der Waals surface area (Å²) in [5.74, 6) is -1.45. The third-order valence-corrected chi connectivity index (χ3v) is 2.38. The molecule has 5 heteroatoms. The van der Waals surface area contributed by atoms with E-state index in [1.165, 1.54) is 12.1 Å². The Morgan fingerprint density at radius 3 is 2.25 bits per heavy atom. The number of carboxylic acids is 1. The van der Waals surface area contributed by atoms with Gasteiger partial charge in [-0.1, -0.05) is 24.3 Å². The average molecular weight is 243 g/mol. The first kappa shape index (κ1) is 12.7. The molecule has 0 saturated carbocycles. The van der Waals surface area contributed by atoms with Crippen LogP contribution in [0.5, 0.6) is 0 Å². The van der Waals surface area contributed by atoms with Gasteiger partial charge in [0.1, 0.15) is 0 Å². The van der Waals surface area contributed by atoms with Crippen molar-refractivity contribution in [2.45, 2.75) is 12.5 Å². The Balaban J connectivity index is 2.75. The van der Waals surface area contributed by atoms with Gasteiger partial charge in [-0.25, -0.2) is 4.79 Å². The van der Waals surface area contributed by atoms with Gasteiger partial charge in [0.15, 0.2) is 11.9 Å². The summed E-state index contributed by atoms with van der Waals surface area (Å²) in [6.07, 6.45) is -1.31. The summed E-state index contributed by atoms with van der Waals surface area (Å²) in [7, 11) is 0. The van der Waals surface area contributed by atoms with E-state index < -0.39 is 12.1 Å². The van der Waals surface area contributed by atoms with E-state index in [-0.39, 0.29) is 23.6 Å². The Labute approximate surface area is 97.5 Å². The van der Waals surface area contributed by atoms with Gasteiger partial charge in [-0.15, -0.1) is 11.6 Å². The zero-order chi connectivity index (χ0) is 12.1. The third-order valence-electron chi connectivity index (χ3n) is 2.08. The topological polar surface area (TPSA) is 74.6 Å². The van der Waals surface area contributed by atoms with Crippen LogP contribution < -0.4 is 0 Å². The maximum Gasteiger partial charge on any atom is 0.337 e. The van der Waals surface area contributed by atoms with Crippen LogP contribution in [-0.2, 0) is 16.0 Å². The lowest BCUT2D eigenvalue weighted by Gasteiger charge is -2.06. The van der Waals surface area contributed by atoms with Crippen molar-refractivity contribution in [2.75, 3.05) is 5.88 Å². The normalized spacial score (nSPS) is 12.1. The summed E-state index contributed by atoms with van der Waals surface area (Å²) < 4.78 is 0. The highest BCUT2D eigenvalue weighted by molar-refractivity contribution is 6.27. The fraction of sp³-hybridized carbons (Fsp3) is 0.273. The smallest absolute Gasteiger partial charge is 0.337 e. The minimum atomic E-state index is -1.53. The van der Waals surface area contributed by atoms with Crippen molar-refractivity contribution in [2.24, 2.45) is 0 Å². The largest absolute Gasteiger partial charge is 0.479 e. The number of rotatable bonds is 5. The van der Waals surface area contributed by atoms with Crippen molar-refractivity contribution in [3.05, 3.63) is 35.4 Å². The van der Waals surface area contributed by atoms with Gasteiger partial charge >= 0.3 is 5.97 Å². The third kappa shape index (κ3) is 3.32. The van der Waals surface area contributed by atoms with Gasteiger partial charge in [-0.3, -0.25) is 4.79 Å². The van der Waals surface area contributed by atoms with Crippen LogP contribution in [0.25, 0.3) is 0 Å². The van der Waals surface area contributed by atoms with Crippen LogP contribution in [0.4, 0.5) is 0 Å². The predicted molar refractivity (Wildman–Crippen MR) is 58.5 cm³/mol. The number of carboxylic acid groups (broad SMARTS) is 1. The van der Waals surface area contributed by atoms with E-state index >= 15 is 0 Å². The Bertz CT molecular complexity index is 385. The van der Waals surface area contributed by atoms with E-state index in [4.69, 9.17) is 16.7 Å². The average Bonchev–Trinajstić information content (AvgIpc) is 2.28. The van der Waals surface area contributed by atoms with Crippen LogP contribution >= 0.6 is 11.6 Å². The van der Waals surface area contributed by atoms with Gasteiger partial charge in [0, 0.05) is 6.42 Å². The number of hydrogen-bond donors (Lipinski definition) is 2. The van der Waals surface area contributed by atoms with Crippen LogP contribution in [0.3, 0.4) is 0 Å². The van der Waals surface area contributed by atoms with Crippen molar-refractivity contribution in [1.82, 2.24) is 0 Å². The lowest BCUT2D eigenvalue weighted by molar-refractivity contribution is -0.147. The van der Waals surface area contributed by atoms with Gasteiger partial charge in [0.25, 0.3) is 0 Å². The van der Waals surface area contributed by atoms with Crippen LogP contribution in [0, 0.1) is 0 Å². The molecule has 4 nitrogen and oxygen atoms in total. The molecule has 86 valence electrons. The molecule has 0 spiro atoms. The van der Waals surface area contributed by atoms with Crippen LogP contribution in [0.2, 0.25) is 0 Å². The molecule has 1 atom stereocenters. The molecule has 0 aromatic heterocycles. The minimum absolute atomic E-state index is 0.0422. The lowest BCUT2D eigenvalue weighted by atomic mass is 10.0. The van der Waals surface area contributed by atoms with Crippen molar-refractivity contribution in [3.63, 3.8) is 0 Å². The molecule has 0 saturated heterocycles. The number of aliphatic hydroxyl groups excluding tert-OH is 1. The molecular weight excluding hydrogens is 232 g/mol. The maximum absolute atomic E-state index is 11.0. The van der Waals surface area contributed by atoms with Crippen LogP contribution in [-0.4, -0.2) is 27.8 Å². The van der Waals surface area contributed by atoms with Gasteiger partial charge in [0.05, 0.1) is 5.88 Å². The van der Waals surface area contributed by atoms with Crippen molar-refractivity contribution < 1.29 is 19.8 Å². The molecule has 0 bridgehead atoms. The molecule has 1 aromatic carbocycles. The van der Waals surface area contributed by atoms with Gasteiger partial charge in [0.2, 0.25) is 0 Å². The molecule has 0 aliphatic heterocycles. The number of aliphatic hydroxyl groups is 1. The molecule has 0 aliphatic carbocycles. The monoisotopic (exact) mass is 242 g/mol. The zero-order valence-corrected chi connectivity index (χ0v) is 9.15. The Hall–Kier alpha value is -1.39. The summed E-state index contributed by atoms with van der Waals surface area (Å²) in [4.78, 5) is 21.5. The molecule has 1 rings (SSSR count). The van der Waals surface area contributed by atoms with E-state index in [1.54, 1.807) is 12.1 Å². The molecule has 2 N–H and O–H groups in total. The lowest BCUT2D eigenvalue weighted by Crippen LogP contribution is -2.10. The number of alkyl halides is 1. The molecule has 0 heterocycles. The second-order valence-electron chi connectivity index (χ2n) is 3.33. The summed E-state index contributed by atoms with van der Waals surface area (Å²) in [6.45, 7) is 0. The SMILES string of the molecule is O=C(CCl)Cc1ccc(C(O)C(=O)O)cc1. The van der Waals surface area contributed by atoms with E-state index in [0.717, 1.165) is 5.56 Å². The first-order chi connectivity index (χ1) is 7.54. The van der Waals surface area contributed by atoms with E-state index in [9.17, 15) is 14.7 Å². The Kier molecular flexibility index (Phi) is 4.46. The molecule has 1 aromatic rings. The van der Waals surface area contributed by atoms with Crippen molar-refractivity contribution in [1.29, 1.82) is 0 Å². The second-order valence-corrected chi connectivity index (χ2v) is 3.60. The quantitative estimate of drug-likeness (QED) is 0.760. The fourth-order valence-corrected chi connectivity index (χ4v) is 1.33. The molecule has 16 heavy (non-hydrogen) atoms. The number of benzene rings is 1. The van der Waals surface area contributed by atoms with Crippen molar-refractivity contribution in [3.8, 4) is 0 Å². The van der Waals surface area contributed by atoms with E-state index in [1.807, 2.05) is 0 Å². The first-order valence-electron chi connectivity index (χ1n) is 4.62. The number of carbonyl (C=O) groups excluding carboxylic acids is 1. The number of hydrogen-bond acceptors (Lipinski definition) is 3. The second kappa shape index (κ2) is 5.63. The molecule has 0 aliphatic rings. The fourth-order valence-electron chi connectivity index (χ4n) is 1.24. The summed E-state index contributed by atoms with van der Waals surface area (Å²) in [6, 6.07) is 6.17. The molecule has 1 unspecified atom stereocenters. The highest BCUT2D eigenvalue weighted by Crippen LogP contribution is 2.14. The van der Waals surface area contributed by atoms with Gasteiger partial charge < -0.3 is 10.2 Å². The molecule has 0 radical (unpaired) electrons. The molecule has 0 amide bonds. The minimum Gasteiger partial charge on any atom is -0.479 e. The Morgan fingerprint density at radius 2 is 1.81 bits per heavy atom. The van der Waals surface area contributed by atoms with Crippen LogP contribution in [0.1, 0.15) is 17.2 Å². The van der Waals surface area contributed by atoms with Gasteiger partial charge in [-0.05, 0) is 11.1 Å². The molecular formula is C11H11ClO4. The molecule has 0 fully saturated rings. The zero-order valence-electron chi connectivity index (χ0n) is 8.39. The first-order valence-corrected chi connectivity index (χ1v) is 5.15. The highest BCUT2D eigenvalue weighted by Gasteiger charge is 2.15. The number of aliphatic carboxylic acids is 1. The van der Waals surface area contributed by atoms with Crippen molar-refractivity contribution >= 4 is 23.4 Å². The van der Waals surface area contributed by atoms with E-state index in [0.29, 0.717) is 0 Å². The highest BCUT2D eigenvalue weighted by atomic mass is 35.5. The standard InChI is InChI=1S/C11H11ClO4/c12-6-9(13)5-7-1-3-8(4-2-7)10(14)11(15)16/h1-4,10,14H,5-6H2,(H,15,16). The summed E-state index contributed by atoms with van der Waals surface area (Å²) in [5.41, 5.74) is 1.03. The number of ketones is 1. The summed E-state index contributed by atoms with van der Waals surface area (Å²) >= 11 is 5.36. The predicted octanol–water partition coefficient (Wildman–Crippen LogP) is 1.16. The van der Waals surface area contributed by atoms with Crippen LogP contribution in [0.15, 0.2) is 24.3 Å². The number of halogens is 1. The number of carbonyl (C=O) groups is 2. The summed E-state index contributed by atoms with van der Waals surface area (Å²) in [5, 5.41) is 17.8. The maximum atomic E-state index is 11.0. The van der Waals surface area contributed by atoms with E-state index in [2.05, 4.69) is 0 Å².